The summed E-state index contributed by atoms with van der Waals surface area (Å²) in [6.45, 7) is -15.2. The Morgan fingerprint density at radius 1 is 1.14 bits per heavy atom. The van der Waals surface area contributed by atoms with E-state index in [1.54, 1.807) is 0 Å². The molecular formula is C27H45N5O5. The number of piperidine rings is 1. The summed E-state index contributed by atoms with van der Waals surface area (Å²) in [6, 6.07) is -9.41. The predicted octanol–water partition coefficient (Wildman–Crippen LogP) is 1.71. The largest absolute Gasteiger partial charge is 0.363 e. The Hall–Kier alpha value is -2.65. The molecule has 208 valence electrons. The molecule has 10 heteroatoms. The Bertz CT molecular complexity index is 1530. The van der Waals surface area contributed by atoms with E-state index in [2.05, 4.69) is 5.32 Å². The molecule has 1 heterocycles. The first-order valence-corrected chi connectivity index (χ1v) is 11.8. The van der Waals surface area contributed by atoms with E-state index in [1.165, 1.54) is 26.1 Å². The number of carbonyl (C=O) groups is 5. The second kappa shape index (κ2) is 9.91. The van der Waals surface area contributed by atoms with Crippen LogP contribution in [0.3, 0.4) is 0 Å². The van der Waals surface area contributed by atoms with E-state index in [0.717, 1.165) is 0 Å². The molecule has 2 saturated carbocycles. The molecule has 1 aliphatic heterocycles. The van der Waals surface area contributed by atoms with Crippen LogP contribution in [0.15, 0.2) is 0 Å². The van der Waals surface area contributed by atoms with Gasteiger partial charge in [0.05, 0.1) is 7.39 Å². The van der Waals surface area contributed by atoms with Crippen molar-refractivity contribution in [2.45, 2.75) is 104 Å². The van der Waals surface area contributed by atoms with Crippen molar-refractivity contribution in [1.29, 1.82) is 0 Å². The maximum Gasteiger partial charge on any atom is 0.315 e. The highest BCUT2D eigenvalue weighted by Crippen LogP contribution is 2.65. The van der Waals surface area contributed by atoms with Crippen LogP contribution in [0.4, 0.5) is 4.79 Å². The van der Waals surface area contributed by atoms with Crippen molar-refractivity contribution in [2.24, 2.45) is 34.3 Å². The normalized spacial score (nSPS) is 36.4. The van der Waals surface area contributed by atoms with E-state index in [4.69, 9.17) is 30.4 Å². The molecule has 0 aromatic heterocycles. The molecule has 0 aromatic carbocycles. The molecule has 0 spiro atoms. The summed E-state index contributed by atoms with van der Waals surface area (Å²) in [4.78, 5) is 68.0. The topological polar surface area (TPSA) is 151 Å². The number of likely N-dealkylation sites (tertiary alicyclic amines) is 1. The molecule has 3 rings (SSSR count). The number of hydrogen-bond donors (Lipinski definition) is 4. The number of nitrogens with two attached hydrogens (primary N) is 1. The van der Waals surface area contributed by atoms with E-state index in [1.807, 2.05) is 5.32 Å². The summed E-state index contributed by atoms with van der Waals surface area (Å²) in [5.74, 6) is -11.0. The minimum Gasteiger partial charge on any atom is -0.363 e. The quantitative estimate of drug-likeness (QED) is 0.348. The number of urea groups is 1. The number of hydrogen-bond acceptors (Lipinski definition) is 5. The lowest BCUT2D eigenvalue weighted by molar-refractivity contribution is -0.145. The van der Waals surface area contributed by atoms with Crippen LogP contribution in [0.25, 0.3) is 0 Å². The number of ketones is 1. The van der Waals surface area contributed by atoms with Gasteiger partial charge in [-0.1, -0.05) is 53.7 Å². The van der Waals surface area contributed by atoms with Gasteiger partial charge in [0, 0.05) is 35.4 Å². The van der Waals surface area contributed by atoms with Crippen molar-refractivity contribution in [3.63, 3.8) is 0 Å². The zero-order valence-corrected chi connectivity index (χ0v) is 20.8. The number of fused-ring (bicyclic) bond motifs is 1. The van der Waals surface area contributed by atoms with Crippen LogP contribution in [0.1, 0.15) is 105 Å². The summed E-state index contributed by atoms with van der Waals surface area (Å²) in [7, 11) is 0. The summed E-state index contributed by atoms with van der Waals surface area (Å²) in [6.07, 6.45) is -2.26. The summed E-state index contributed by atoms with van der Waals surface area (Å²) < 4.78 is 145. The molecule has 10 nitrogen and oxygen atoms in total. The maximum atomic E-state index is 14.5. The summed E-state index contributed by atoms with van der Waals surface area (Å²) in [5, 5.41) is 5.41. The van der Waals surface area contributed by atoms with Crippen LogP contribution in [-0.2, 0) is 19.2 Å². The van der Waals surface area contributed by atoms with Crippen LogP contribution in [-0.4, -0.2) is 64.6 Å². The van der Waals surface area contributed by atoms with Gasteiger partial charge in [-0.3, -0.25) is 19.2 Å². The van der Waals surface area contributed by atoms with Gasteiger partial charge in [0.2, 0.25) is 17.6 Å². The van der Waals surface area contributed by atoms with Gasteiger partial charge >= 0.3 is 6.03 Å². The van der Waals surface area contributed by atoms with Crippen LogP contribution in [0.2, 0.25) is 0 Å². The Kier molecular flexibility index (Phi) is 3.46. The van der Waals surface area contributed by atoms with Crippen molar-refractivity contribution >= 4 is 29.5 Å². The fourth-order valence-electron chi connectivity index (χ4n) is 4.65. The van der Waals surface area contributed by atoms with Gasteiger partial charge < -0.3 is 26.6 Å². The molecule has 37 heavy (non-hydrogen) atoms. The highest BCUT2D eigenvalue weighted by Gasteiger charge is 2.70. The SMILES string of the molecule is [2H]C([2H])([2H])C1(C([2H])([2H])[2H])[C@@H]2[C@@H](C(=O)N[C@@]([2H])(C(=O)C(N)=O)C([2H])([2H])C3CCC3)N(C(=O)[C@@H](NC(=O)NC(C([2H])([2H])[2H])(C([2H])([2H])[2H])C([2H])([2H])[2H])C(C)(C)C)C[C@@H]21. The van der Waals surface area contributed by atoms with Gasteiger partial charge in [0.25, 0.3) is 5.91 Å². The average molecular weight is 538 g/mol. The first kappa shape index (κ1) is 12.9. The fraction of sp³-hybridized carbons (Fsp3) is 0.815. The molecule has 1 saturated heterocycles. The second-order valence-electron chi connectivity index (χ2n) is 10.9. The Morgan fingerprint density at radius 3 is 2.27 bits per heavy atom. The molecular weight excluding hydrogens is 474 g/mol. The van der Waals surface area contributed by atoms with Crippen LogP contribution < -0.4 is 21.7 Å². The van der Waals surface area contributed by atoms with Gasteiger partial charge in [-0.15, -0.1) is 0 Å². The Labute approximate surface area is 245 Å². The maximum absolute atomic E-state index is 14.5. The summed E-state index contributed by atoms with van der Waals surface area (Å²) >= 11 is 0. The fourth-order valence-corrected chi connectivity index (χ4v) is 4.65. The highest BCUT2D eigenvalue weighted by atomic mass is 16.2. The lowest BCUT2D eigenvalue weighted by Gasteiger charge is -2.38. The van der Waals surface area contributed by atoms with E-state index >= 15 is 0 Å². The number of nitrogens with one attached hydrogen (secondary N) is 3. The Morgan fingerprint density at radius 2 is 1.78 bits per heavy atom. The molecule has 0 aromatic rings. The number of primary amides is 1. The number of Topliss-reactive ketones (excluding diaryl/α,β-unsaturated/α-hetero) is 1. The predicted molar refractivity (Wildman–Crippen MR) is 139 cm³/mol. The third kappa shape index (κ3) is 6.26. The van der Waals surface area contributed by atoms with Gasteiger partial charge in [-0.05, 0) is 55.5 Å². The molecule has 5 amide bonds. The van der Waals surface area contributed by atoms with Gasteiger partial charge in [-0.2, -0.15) is 0 Å². The first-order valence-electron chi connectivity index (χ1n) is 20.8. The van der Waals surface area contributed by atoms with Crippen molar-refractivity contribution in [3.05, 3.63) is 0 Å². The van der Waals surface area contributed by atoms with Crippen molar-refractivity contribution in [1.82, 2.24) is 20.9 Å². The third-order valence-corrected chi connectivity index (χ3v) is 6.90. The van der Waals surface area contributed by atoms with Crippen molar-refractivity contribution in [2.75, 3.05) is 6.54 Å². The van der Waals surface area contributed by atoms with Crippen LogP contribution >= 0.6 is 0 Å². The van der Waals surface area contributed by atoms with Crippen molar-refractivity contribution < 1.29 is 48.6 Å². The van der Waals surface area contributed by atoms with E-state index < -0.39 is 129 Å². The van der Waals surface area contributed by atoms with Crippen LogP contribution in [0, 0.1) is 28.6 Å². The standard InChI is InChI=1S/C27H45N5O5/c1-25(2,3)20(30-24(37)31-26(4,5)6)23(36)32-13-15-17(27(15,7)8)18(32)22(35)29-16(19(33)21(28)34)12-14-10-9-11-14/h14-18,20H,9-13H2,1-8H3,(H2,28,34)(H,29,35)(H2,30,31,37)/t15-,16+,17-,18-,20+/m0/s1/i4D3,5D3,6D3,7D3,8D3,12D2,16D. The smallest absolute Gasteiger partial charge is 0.315 e. The average Bonchev–Trinajstić information content (AvgIpc) is 3.44. The minimum absolute atomic E-state index is 0.128. The number of nitrogens with zero attached hydrogens (tertiary/aromatic N) is 1. The molecule has 0 bridgehead atoms. The summed E-state index contributed by atoms with van der Waals surface area (Å²) in [5.41, 5.74) is -2.88. The van der Waals surface area contributed by atoms with E-state index in [-0.39, 0.29) is 12.8 Å². The monoisotopic (exact) mass is 537 g/mol. The number of carbonyl (C=O) groups excluding carboxylic acids is 5. The van der Waals surface area contributed by atoms with E-state index in [9.17, 15) is 24.0 Å². The van der Waals surface area contributed by atoms with Gasteiger partial charge in [0.1, 0.15) is 12.1 Å². The van der Waals surface area contributed by atoms with E-state index in [0.29, 0.717) is 11.3 Å². The molecule has 3 fully saturated rings. The molecule has 3 aliphatic rings. The lowest BCUT2D eigenvalue weighted by atomic mass is 9.80. The zero-order valence-electron chi connectivity index (χ0n) is 38.8. The molecule has 2 aliphatic carbocycles. The van der Waals surface area contributed by atoms with Gasteiger partial charge in [0.15, 0.2) is 0 Å². The number of rotatable bonds is 8. The highest BCUT2D eigenvalue weighted by molar-refractivity contribution is 6.37. The van der Waals surface area contributed by atoms with Crippen LogP contribution in [0.5, 0.6) is 0 Å². The second-order valence-corrected chi connectivity index (χ2v) is 10.9. The number of amides is 5. The van der Waals surface area contributed by atoms with Crippen molar-refractivity contribution in [3.8, 4) is 0 Å². The molecule has 0 radical (unpaired) electrons. The lowest BCUT2D eigenvalue weighted by Crippen LogP contribution is -2.62. The minimum atomic E-state index is -3.90. The Balaban J connectivity index is 2.18. The first-order chi connectivity index (χ1) is 24.2. The third-order valence-electron chi connectivity index (χ3n) is 6.90. The van der Waals surface area contributed by atoms with Gasteiger partial charge in [-0.25, -0.2) is 4.79 Å². The molecule has 5 N–H and O–H groups in total. The molecule has 5 atom stereocenters. The zero-order chi connectivity index (χ0) is 43.3. The molecule has 0 unspecified atom stereocenters.